The standard InChI is InChI=1S/C20H22N2O2/c1-15-14-19(23-2)9-10-20(15)24-18-7-5-17(6-8-18)22-13-3-4-16(22)11-12-21/h5-10,14,16H,3-4,11,13H2,1-2H3. The Hall–Kier alpha value is -2.67. The zero-order chi connectivity index (χ0) is 16.9. The Labute approximate surface area is 143 Å². The molecule has 0 spiro atoms. The number of benzene rings is 2. The molecule has 1 unspecified atom stereocenters. The summed E-state index contributed by atoms with van der Waals surface area (Å²) in [5.41, 5.74) is 2.19. The lowest BCUT2D eigenvalue weighted by atomic mass is 10.1. The summed E-state index contributed by atoms with van der Waals surface area (Å²) in [5.74, 6) is 2.46. The molecule has 24 heavy (non-hydrogen) atoms. The van der Waals surface area contributed by atoms with Crippen LogP contribution >= 0.6 is 0 Å². The molecule has 0 aromatic heterocycles. The van der Waals surface area contributed by atoms with E-state index in [9.17, 15) is 0 Å². The fourth-order valence-corrected chi connectivity index (χ4v) is 3.19. The van der Waals surface area contributed by atoms with Crippen LogP contribution in [0.15, 0.2) is 42.5 Å². The molecule has 0 N–H and O–H groups in total. The first kappa shape index (κ1) is 16.2. The molecular formula is C20H22N2O2. The first-order valence-electron chi connectivity index (χ1n) is 8.27. The smallest absolute Gasteiger partial charge is 0.130 e. The summed E-state index contributed by atoms with van der Waals surface area (Å²) < 4.78 is 11.2. The van der Waals surface area contributed by atoms with Gasteiger partial charge in [0.25, 0.3) is 0 Å². The van der Waals surface area contributed by atoms with Crippen molar-refractivity contribution in [3.8, 4) is 23.3 Å². The number of rotatable bonds is 5. The third-order valence-corrected chi connectivity index (χ3v) is 4.48. The number of methoxy groups -OCH3 is 1. The highest BCUT2D eigenvalue weighted by atomic mass is 16.5. The first-order chi connectivity index (χ1) is 11.7. The van der Waals surface area contributed by atoms with Gasteiger partial charge in [0, 0.05) is 18.3 Å². The van der Waals surface area contributed by atoms with Crippen LogP contribution in [0.3, 0.4) is 0 Å². The highest BCUT2D eigenvalue weighted by Crippen LogP contribution is 2.31. The van der Waals surface area contributed by atoms with E-state index >= 15 is 0 Å². The maximum absolute atomic E-state index is 8.96. The van der Waals surface area contributed by atoms with Gasteiger partial charge in [-0.3, -0.25) is 0 Å². The molecule has 1 aliphatic rings. The van der Waals surface area contributed by atoms with Crippen LogP contribution in [-0.4, -0.2) is 19.7 Å². The summed E-state index contributed by atoms with van der Waals surface area (Å²) in [7, 11) is 1.66. The summed E-state index contributed by atoms with van der Waals surface area (Å²) >= 11 is 0. The van der Waals surface area contributed by atoms with E-state index in [0.717, 1.165) is 47.9 Å². The second-order valence-electron chi connectivity index (χ2n) is 6.08. The number of ether oxygens (including phenoxy) is 2. The Balaban J connectivity index is 1.72. The molecule has 0 saturated carbocycles. The number of hydrogen-bond acceptors (Lipinski definition) is 4. The molecule has 1 atom stereocenters. The van der Waals surface area contributed by atoms with Crippen molar-refractivity contribution >= 4 is 5.69 Å². The van der Waals surface area contributed by atoms with Gasteiger partial charge in [-0.15, -0.1) is 0 Å². The number of nitrogens with zero attached hydrogens (tertiary/aromatic N) is 2. The molecule has 2 aromatic rings. The second kappa shape index (κ2) is 7.27. The van der Waals surface area contributed by atoms with Crippen molar-refractivity contribution in [2.45, 2.75) is 32.2 Å². The van der Waals surface area contributed by atoms with Crippen LogP contribution in [0.5, 0.6) is 17.2 Å². The zero-order valence-electron chi connectivity index (χ0n) is 14.2. The molecule has 1 fully saturated rings. The third-order valence-electron chi connectivity index (χ3n) is 4.48. The average Bonchev–Trinajstić information content (AvgIpc) is 3.06. The maximum atomic E-state index is 8.96. The van der Waals surface area contributed by atoms with Crippen molar-refractivity contribution < 1.29 is 9.47 Å². The predicted octanol–water partition coefficient (Wildman–Crippen LogP) is 4.68. The van der Waals surface area contributed by atoms with Gasteiger partial charge in [0.15, 0.2) is 0 Å². The quantitative estimate of drug-likeness (QED) is 0.802. The normalized spacial score (nSPS) is 16.7. The molecule has 1 aliphatic heterocycles. The molecule has 0 bridgehead atoms. The molecule has 1 heterocycles. The van der Waals surface area contributed by atoms with Crippen molar-refractivity contribution in [1.29, 1.82) is 5.26 Å². The molecule has 124 valence electrons. The minimum Gasteiger partial charge on any atom is -0.497 e. The van der Waals surface area contributed by atoms with Gasteiger partial charge in [0.05, 0.1) is 19.6 Å². The van der Waals surface area contributed by atoms with Crippen LogP contribution in [0.4, 0.5) is 5.69 Å². The van der Waals surface area contributed by atoms with E-state index in [0.29, 0.717) is 12.5 Å². The Bertz CT molecular complexity index is 734. The van der Waals surface area contributed by atoms with Gasteiger partial charge >= 0.3 is 0 Å². The van der Waals surface area contributed by atoms with Crippen LogP contribution in [0.25, 0.3) is 0 Å². The summed E-state index contributed by atoms with van der Waals surface area (Å²) in [6.45, 7) is 3.02. The van der Waals surface area contributed by atoms with Crippen molar-refractivity contribution in [2.75, 3.05) is 18.6 Å². The number of anilines is 1. The lowest BCUT2D eigenvalue weighted by Gasteiger charge is -2.25. The summed E-state index contributed by atoms with van der Waals surface area (Å²) in [4.78, 5) is 2.33. The van der Waals surface area contributed by atoms with Crippen LogP contribution < -0.4 is 14.4 Å². The van der Waals surface area contributed by atoms with Gasteiger partial charge in [-0.25, -0.2) is 0 Å². The Morgan fingerprint density at radius 3 is 2.58 bits per heavy atom. The molecule has 0 aliphatic carbocycles. The molecule has 4 nitrogen and oxygen atoms in total. The fourth-order valence-electron chi connectivity index (χ4n) is 3.19. The molecule has 0 radical (unpaired) electrons. The van der Waals surface area contributed by atoms with Gasteiger partial charge in [-0.2, -0.15) is 5.26 Å². The van der Waals surface area contributed by atoms with Crippen molar-refractivity contribution in [1.82, 2.24) is 0 Å². The van der Waals surface area contributed by atoms with Crippen molar-refractivity contribution in [2.24, 2.45) is 0 Å². The number of nitriles is 1. The number of hydrogen-bond donors (Lipinski definition) is 0. The van der Waals surface area contributed by atoms with Gasteiger partial charge in [-0.1, -0.05) is 0 Å². The lowest BCUT2D eigenvalue weighted by molar-refractivity contribution is 0.412. The van der Waals surface area contributed by atoms with Gasteiger partial charge in [-0.05, 0) is 67.8 Å². The van der Waals surface area contributed by atoms with Crippen LogP contribution in [0.2, 0.25) is 0 Å². The summed E-state index contributed by atoms with van der Waals surface area (Å²) in [5, 5.41) is 8.96. The molecule has 3 rings (SSSR count). The van der Waals surface area contributed by atoms with E-state index in [2.05, 4.69) is 23.1 Å². The molecular weight excluding hydrogens is 300 g/mol. The van der Waals surface area contributed by atoms with Gasteiger partial charge < -0.3 is 14.4 Å². The van der Waals surface area contributed by atoms with E-state index in [-0.39, 0.29) is 0 Å². The van der Waals surface area contributed by atoms with Gasteiger partial charge in [0.1, 0.15) is 17.2 Å². The van der Waals surface area contributed by atoms with E-state index in [1.807, 2.05) is 37.3 Å². The number of aryl methyl sites for hydroxylation is 1. The predicted molar refractivity (Wildman–Crippen MR) is 94.8 cm³/mol. The zero-order valence-corrected chi connectivity index (χ0v) is 14.2. The van der Waals surface area contributed by atoms with Crippen molar-refractivity contribution in [3.05, 3.63) is 48.0 Å². The average molecular weight is 322 g/mol. The van der Waals surface area contributed by atoms with E-state index in [1.54, 1.807) is 7.11 Å². The fraction of sp³-hybridized carbons (Fsp3) is 0.350. The topological polar surface area (TPSA) is 45.5 Å². The van der Waals surface area contributed by atoms with Gasteiger partial charge in [0.2, 0.25) is 0 Å². The van der Waals surface area contributed by atoms with E-state index < -0.39 is 0 Å². The third kappa shape index (κ3) is 3.46. The van der Waals surface area contributed by atoms with Crippen molar-refractivity contribution in [3.63, 3.8) is 0 Å². The monoisotopic (exact) mass is 322 g/mol. The highest BCUT2D eigenvalue weighted by molar-refractivity contribution is 5.52. The Kier molecular flexibility index (Phi) is 4.90. The van der Waals surface area contributed by atoms with E-state index in [1.165, 1.54) is 0 Å². The van der Waals surface area contributed by atoms with E-state index in [4.69, 9.17) is 14.7 Å². The largest absolute Gasteiger partial charge is 0.497 e. The SMILES string of the molecule is COc1ccc(Oc2ccc(N3CCCC3CC#N)cc2)c(C)c1. The highest BCUT2D eigenvalue weighted by Gasteiger charge is 2.24. The summed E-state index contributed by atoms with van der Waals surface area (Å²) in [6.07, 6.45) is 2.83. The molecule has 4 heteroatoms. The Morgan fingerprint density at radius 1 is 1.17 bits per heavy atom. The Morgan fingerprint density at radius 2 is 1.92 bits per heavy atom. The van der Waals surface area contributed by atoms with Crippen LogP contribution in [-0.2, 0) is 0 Å². The maximum Gasteiger partial charge on any atom is 0.130 e. The first-order valence-corrected chi connectivity index (χ1v) is 8.27. The molecule has 1 saturated heterocycles. The second-order valence-corrected chi connectivity index (χ2v) is 6.08. The van der Waals surface area contributed by atoms with Crippen LogP contribution in [0.1, 0.15) is 24.8 Å². The lowest BCUT2D eigenvalue weighted by Crippen LogP contribution is -2.28. The summed E-state index contributed by atoms with van der Waals surface area (Å²) in [6, 6.07) is 16.5. The minimum absolute atomic E-state index is 0.339. The molecule has 0 amide bonds. The van der Waals surface area contributed by atoms with Crippen LogP contribution in [0, 0.1) is 18.3 Å². The molecule has 2 aromatic carbocycles. The minimum atomic E-state index is 0.339.